The summed E-state index contributed by atoms with van der Waals surface area (Å²) in [5, 5.41) is 10.5. The van der Waals surface area contributed by atoms with Crippen LogP contribution in [0.1, 0.15) is 33.3 Å². The van der Waals surface area contributed by atoms with Crippen LogP contribution in [0.4, 0.5) is 0 Å². The molecule has 0 saturated heterocycles. The Morgan fingerprint density at radius 2 is 1.88 bits per heavy atom. The molecule has 16 heavy (non-hydrogen) atoms. The fourth-order valence-electron chi connectivity index (χ4n) is 0.602. The normalized spacial score (nSPS) is 7.62. The molecule has 92 valence electrons. The van der Waals surface area contributed by atoms with Crippen molar-refractivity contribution in [2.24, 2.45) is 5.16 Å². The van der Waals surface area contributed by atoms with Crippen molar-refractivity contribution in [3.8, 4) is 5.88 Å². The molecule has 0 aliphatic heterocycles. The molecule has 0 aromatic carbocycles. The second-order valence-electron chi connectivity index (χ2n) is 2.76. The molecule has 1 N–H and O–H groups in total. The van der Waals surface area contributed by atoms with Gasteiger partial charge in [0.05, 0.1) is 12.8 Å². The number of ether oxygens (including phenoxy) is 1. The molecule has 0 amide bonds. The average molecular weight is 227 g/mol. The number of rotatable bonds is 1. The molecule has 0 saturated carbocycles. The molecule has 0 atom stereocenters. The largest absolute Gasteiger partial charge is 0.481 e. The van der Waals surface area contributed by atoms with E-state index in [1.807, 2.05) is 20.8 Å². The first kappa shape index (κ1) is 16.8. The molecule has 1 heterocycles. The van der Waals surface area contributed by atoms with Gasteiger partial charge in [-0.15, -0.1) is 0 Å². The number of aromatic nitrogens is 2. The number of hydrogen-bond acceptors (Lipinski definition) is 5. The maximum absolute atomic E-state index is 7.73. The monoisotopic (exact) mass is 227 g/mol. The van der Waals surface area contributed by atoms with Gasteiger partial charge in [0, 0.05) is 11.8 Å². The van der Waals surface area contributed by atoms with E-state index in [4.69, 9.17) is 9.94 Å². The van der Waals surface area contributed by atoms with Gasteiger partial charge in [-0.3, -0.25) is 0 Å². The lowest BCUT2D eigenvalue weighted by atomic mass is 10.4. The van der Waals surface area contributed by atoms with Crippen molar-refractivity contribution < 1.29 is 9.94 Å². The summed E-state index contributed by atoms with van der Waals surface area (Å²) in [6.45, 7) is 9.35. The molecule has 1 aromatic heterocycles. The van der Waals surface area contributed by atoms with Crippen LogP contribution in [-0.2, 0) is 0 Å². The van der Waals surface area contributed by atoms with E-state index in [1.54, 1.807) is 27.2 Å². The summed E-state index contributed by atoms with van der Waals surface area (Å²) in [5.74, 6) is 0.644. The quantitative estimate of drug-likeness (QED) is 0.455. The van der Waals surface area contributed by atoms with E-state index >= 15 is 0 Å². The Bertz CT molecular complexity index is 297. The Morgan fingerprint density at radius 3 is 2.12 bits per heavy atom. The molecule has 5 heteroatoms. The standard InChI is InChI=1S/C6H8N2O.C3H7NO.C2H6/c1-5-3-7-4-8-6(5)9-2;1-3(2)4-5;1-2/h3-4H,1-2H3;5H,1-2H3;1-2H3. The third-order valence-corrected chi connectivity index (χ3v) is 1.24. The Labute approximate surface area is 97.2 Å². The molecule has 0 unspecified atom stereocenters. The highest BCUT2D eigenvalue weighted by atomic mass is 16.5. The molecule has 0 fully saturated rings. The lowest BCUT2D eigenvalue weighted by Crippen LogP contribution is -1.90. The Balaban J connectivity index is 0. The van der Waals surface area contributed by atoms with Crippen molar-refractivity contribution in [2.75, 3.05) is 7.11 Å². The minimum atomic E-state index is 0.644. The average Bonchev–Trinajstić information content (AvgIpc) is 2.33. The molecular weight excluding hydrogens is 206 g/mol. The van der Waals surface area contributed by atoms with E-state index in [0.29, 0.717) is 11.6 Å². The Kier molecular flexibility index (Phi) is 12.0. The number of methoxy groups -OCH3 is 1. The van der Waals surface area contributed by atoms with Crippen molar-refractivity contribution >= 4 is 5.71 Å². The van der Waals surface area contributed by atoms with Gasteiger partial charge in [0.15, 0.2) is 0 Å². The molecule has 0 radical (unpaired) electrons. The minimum absolute atomic E-state index is 0.644. The smallest absolute Gasteiger partial charge is 0.219 e. The highest BCUT2D eigenvalue weighted by Gasteiger charge is 1.94. The predicted octanol–water partition coefficient (Wildman–Crippen LogP) is 2.68. The highest BCUT2D eigenvalue weighted by Crippen LogP contribution is 2.08. The SMILES string of the molecule is CC.CC(C)=NO.COc1ncncc1C. The molecule has 0 spiro atoms. The van der Waals surface area contributed by atoms with Crippen molar-refractivity contribution in [2.45, 2.75) is 34.6 Å². The lowest BCUT2D eigenvalue weighted by Gasteiger charge is -1.98. The van der Waals surface area contributed by atoms with Gasteiger partial charge in [-0.2, -0.15) is 0 Å². The van der Waals surface area contributed by atoms with Gasteiger partial charge in [-0.25, -0.2) is 9.97 Å². The van der Waals surface area contributed by atoms with Crippen LogP contribution in [0, 0.1) is 6.92 Å². The maximum atomic E-state index is 7.73. The third-order valence-electron chi connectivity index (χ3n) is 1.24. The van der Waals surface area contributed by atoms with Gasteiger partial charge >= 0.3 is 0 Å². The highest BCUT2D eigenvalue weighted by molar-refractivity contribution is 5.78. The number of nitrogens with zero attached hydrogens (tertiary/aromatic N) is 3. The van der Waals surface area contributed by atoms with E-state index in [2.05, 4.69) is 15.1 Å². The van der Waals surface area contributed by atoms with E-state index in [1.165, 1.54) is 6.33 Å². The zero-order chi connectivity index (χ0) is 13.0. The van der Waals surface area contributed by atoms with Gasteiger partial charge in [0.2, 0.25) is 5.88 Å². The van der Waals surface area contributed by atoms with Crippen LogP contribution in [0.15, 0.2) is 17.7 Å². The topological polar surface area (TPSA) is 67.6 Å². The van der Waals surface area contributed by atoms with E-state index in [-0.39, 0.29) is 0 Å². The van der Waals surface area contributed by atoms with Crippen molar-refractivity contribution in [1.82, 2.24) is 9.97 Å². The van der Waals surface area contributed by atoms with Gasteiger partial charge < -0.3 is 9.94 Å². The molecule has 0 bridgehead atoms. The Morgan fingerprint density at radius 1 is 1.38 bits per heavy atom. The summed E-state index contributed by atoms with van der Waals surface area (Å²) < 4.78 is 4.89. The van der Waals surface area contributed by atoms with Crippen molar-refractivity contribution in [3.63, 3.8) is 0 Å². The first-order valence-corrected chi connectivity index (χ1v) is 5.07. The number of oxime groups is 1. The van der Waals surface area contributed by atoms with Crippen LogP contribution < -0.4 is 4.74 Å². The summed E-state index contributed by atoms with van der Waals surface area (Å²) in [6, 6.07) is 0. The minimum Gasteiger partial charge on any atom is -0.481 e. The van der Waals surface area contributed by atoms with Crippen LogP contribution in [0.25, 0.3) is 0 Å². The lowest BCUT2D eigenvalue weighted by molar-refractivity contribution is 0.318. The fourth-order valence-corrected chi connectivity index (χ4v) is 0.602. The van der Waals surface area contributed by atoms with E-state index in [9.17, 15) is 0 Å². The zero-order valence-corrected chi connectivity index (χ0v) is 10.9. The maximum Gasteiger partial charge on any atom is 0.219 e. The summed E-state index contributed by atoms with van der Waals surface area (Å²) >= 11 is 0. The predicted molar refractivity (Wildman–Crippen MR) is 65.2 cm³/mol. The second kappa shape index (κ2) is 11.4. The van der Waals surface area contributed by atoms with Crippen LogP contribution in [-0.4, -0.2) is 28.0 Å². The molecule has 1 aromatic rings. The van der Waals surface area contributed by atoms with Gasteiger partial charge in [-0.1, -0.05) is 19.0 Å². The van der Waals surface area contributed by atoms with Crippen LogP contribution in [0.5, 0.6) is 5.88 Å². The van der Waals surface area contributed by atoms with E-state index in [0.717, 1.165) is 5.56 Å². The first-order chi connectivity index (χ1) is 7.61. The van der Waals surface area contributed by atoms with Crippen LogP contribution >= 0.6 is 0 Å². The molecule has 0 aliphatic rings. The van der Waals surface area contributed by atoms with E-state index < -0.39 is 0 Å². The summed E-state index contributed by atoms with van der Waals surface area (Å²) in [7, 11) is 1.59. The number of aryl methyl sites for hydroxylation is 1. The number of hydrogen-bond donors (Lipinski definition) is 1. The summed E-state index contributed by atoms with van der Waals surface area (Å²) in [5.41, 5.74) is 1.64. The van der Waals surface area contributed by atoms with Crippen LogP contribution in [0.2, 0.25) is 0 Å². The molecule has 1 rings (SSSR count). The second-order valence-corrected chi connectivity index (χ2v) is 2.76. The molecule has 0 aliphatic carbocycles. The van der Waals surface area contributed by atoms with Crippen molar-refractivity contribution in [1.29, 1.82) is 0 Å². The molecular formula is C11H21N3O2. The fraction of sp³-hybridized carbons (Fsp3) is 0.545. The van der Waals surface area contributed by atoms with Gasteiger partial charge in [0.1, 0.15) is 6.33 Å². The molecule has 5 nitrogen and oxygen atoms in total. The van der Waals surface area contributed by atoms with Crippen LogP contribution in [0.3, 0.4) is 0 Å². The summed E-state index contributed by atoms with van der Waals surface area (Å²) in [6.07, 6.45) is 3.18. The van der Waals surface area contributed by atoms with Gasteiger partial charge in [0.25, 0.3) is 0 Å². The van der Waals surface area contributed by atoms with Crippen molar-refractivity contribution in [3.05, 3.63) is 18.1 Å². The summed E-state index contributed by atoms with van der Waals surface area (Å²) in [4.78, 5) is 7.67. The Hall–Kier alpha value is -1.65. The first-order valence-electron chi connectivity index (χ1n) is 5.07. The third kappa shape index (κ3) is 8.93. The zero-order valence-electron chi connectivity index (χ0n) is 10.9. The van der Waals surface area contributed by atoms with Gasteiger partial charge in [-0.05, 0) is 20.8 Å².